The fraction of sp³-hybridized carbons (Fsp3) is 0.368. The van der Waals surface area contributed by atoms with E-state index >= 15 is 0 Å². The average Bonchev–Trinajstić information content (AvgIpc) is 2.67. The number of likely N-dealkylation sites (N-methyl/N-ethyl adjacent to an activating group) is 1. The number of piperazine rings is 1. The predicted molar refractivity (Wildman–Crippen MR) is 99.8 cm³/mol. The lowest BCUT2D eigenvalue weighted by Gasteiger charge is -2.35. The number of pyridine rings is 1. The lowest BCUT2D eigenvalue weighted by molar-refractivity contribution is 0.141. The lowest BCUT2D eigenvalue weighted by Crippen LogP contribution is -2.52. The minimum Gasteiger partial charge on any atom is -0.327 e. The van der Waals surface area contributed by atoms with Gasteiger partial charge in [0.1, 0.15) is 0 Å². The minimum absolute atomic E-state index is 0.0421. The van der Waals surface area contributed by atoms with Crippen LogP contribution in [0.2, 0.25) is 5.02 Å². The van der Waals surface area contributed by atoms with Gasteiger partial charge in [-0.15, -0.1) is 0 Å². The van der Waals surface area contributed by atoms with E-state index in [2.05, 4.69) is 22.1 Å². The van der Waals surface area contributed by atoms with Gasteiger partial charge in [0.05, 0.1) is 6.04 Å². The molecule has 25 heavy (non-hydrogen) atoms. The summed E-state index contributed by atoms with van der Waals surface area (Å²) in [6.07, 6.45) is 3.52. The number of hydrogen-bond donors (Lipinski definition) is 1. The molecule has 0 unspecified atom stereocenters. The Bertz CT molecular complexity index is 684. The van der Waals surface area contributed by atoms with Gasteiger partial charge in [0.2, 0.25) is 0 Å². The van der Waals surface area contributed by atoms with E-state index in [1.54, 1.807) is 12.4 Å². The number of aromatic nitrogens is 1. The number of hydrogen-bond acceptors (Lipinski definition) is 3. The Labute approximate surface area is 153 Å². The van der Waals surface area contributed by atoms with Gasteiger partial charge in [-0.05, 0) is 35.9 Å². The van der Waals surface area contributed by atoms with Gasteiger partial charge < -0.3 is 15.1 Å². The summed E-state index contributed by atoms with van der Waals surface area (Å²) in [5.41, 5.74) is 1.93. The Kier molecular flexibility index (Phi) is 5.89. The van der Waals surface area contributed by atoms with E-state index in [9.17, 15) is 4.79 Å². The fourth-order valence-corrected chi connectivity index (χ4v) is 3.17. The van der Waals surface area contributed by atoms with Crippen molar-refractivity contribution in [1.29, 1.82) is 0 Å². The molecule has 1 aliphatic heterocycles. The van der Waals surface area contributed by atoms with Gasteiger partial charge in [-0.1, -0.05) is 36.7 Å². The summed E-state index contributed by atoms with van der Waals surface area (Å²) in [4.78, 5) is 21.2. The normalized spacial score (nSPS) is 16.5. The lowest BCUT2D eigenvalue weighted by atomic mass is 10.0. The highest BCUT2D eigenvalue weighted by molar-refractivity contribution is 6.30. The first-order valence-corrected chi connectivity index (χ1v) is 8.98. The summed E-state index contributed by atoms with van der Waals surface area (Å²) >= 11 is 6.00. The maximum Gasteiger partial charge on any atom is 0.318 e. The molecule has 0 saturated carbocycles. The maximum atomic E-state index is 12.8. The van der Waals surface area contributed by atoms with Crippen LogP contribution in [0.25, 0.3) is 0 Å². The van der Waals surface area contributed by atoms with E-state index in [1.165, 1.54) is 0 Å². The van der Waals surface area contributed by atoms with E-state index in [4.69, 9.17) is 11.6 Å². The molecule has 1 atom stereocenters. The SMILES string of the molecule is CCN1CCN(C(=O)N[C@@H](c2ccc(Cl)cc2)c2cccnc2)CC1. The van der Waals surface area contributed by atoms with Crippen molar-refractivity contribution in [2.45, 2.75) is 13.0 Å². The summed E-state index contributed by atoms with van der Waals surface area (Å²) in [5.74, 6) is 0. The molecule has 2 aromatic rings. The molecule has 0 radical (unpaired) electrons. The van der Waals surface area contributed by atoms with Crippen LogP contribution in [0.3, 0.4) is 0 Å². The van der Waals surface area contributed by atoms with Crippen LogP contribution >= 0.6 is 11.6 Å². The van der Waals surface area contributed by atoms with Crippen LogP contribution in [-0.2, 0) is 0 Å². The second-order valence-corrected chi connectivity index (χ2v) is 6.58. The molecule has 0 spiro atoms. The highest BCUT2D eigenvalue weighted by atomic mass is 35.5. The van der Waals surface area contributed by atoms with Crippen LogP contribution in [-0.4, -0.2) is 53.5 Å². The molecule has 6 heteroatoms. The van der Waals surface area contributed by atoms with Crippen LogP contribution in [0.1, 0.15) is 24.1 Å². The molecular formula is C19H23ClN4O. The summed E-state index contributed by atoms with van der Waals surface area (Å²) in [7, 11) is 0. The molecule has 132 valence electrons. The second-order valence-electron chi connectivity index (χ2n) is 6.14. The minimum atomic E-state index is -0.248. The zero-order valence-corrected chi connectivity index (χ0v) is 15.1. The number of rotatable bonds is 4. The fourth-order valence-electron chi connectivity index (χ4n) is 3.04. The van der Waals surface area contributed by atoms with Gasteiger partial charge in [-0.25, -0.2) is 4.79 Å². The molecule has 3 rings (SSSR count). The number of nitrogens with one attached hydrogen (secondary N) is 1. The third kappa shape index (κ3) is 4.50. The van der Waals surface area contributed by atoms with Gasteiger partial charge in [0, 0.05) is 43.6 Å². The van der Waals surface area contributed by atoms with E-state index in [0.717, 1.165) is 43.9 Å². The zero-order valence-electron chi connectivity index (χ0n) is 14.4. The molecule has 0 aliphatic carbocycles. The van der Waals surface area contributed by atoms with E-state index in [0.29, 0.717) is 5.02 Å². The van der Waals surface area contributed by atoms with Gasteiger partial charge in [0.15, 0.2) is 0 Å². The summed E-state index contributed by atoms with van der Waals surface area (Å²) in [6, 6.07) is 11.1. The summed E-state index contributed by atoms with van der Waals surface area (Å²) in [5, 5.41) is 3.83. The monoisotopic (exact) mass is 358 g/mol. The van der Waals surface area contributed by atoms with Crippen LogP contribution in [0.4, 0.5) is 4.79 Å². The van der Waals surface area contributed by atoms with Crippen LogP contribution < -0.4 is 5.32 Å². The third-order valence-electron chi connectivity index (χ3n) is 4.60. The number of amides is 2. The van der Waals surface area contributed by atoms with Gasteiger partial charge in [-0.3, -0.25) is 4.98 Å². The van der Waals surface area contributed by atoms with Crippen molar-refractivity contribution in [2.24, 2.45) is 0 Å². The van der Waals surface area contributed by atoms with Crippen LogP contribution in [0.15, 0.2) is 48.8 Å². The van der Waals surface area contributed by atoms with Crippen molar-refractivity contribution in [2.75, 3.05) is 32.7 Å². The summed E-state index contributed by atoms with van der Waals surface area (Å²) < 4.78 is 0. The predicted octanol–water partition coefficient (Wildman–Crippen LogP) is 3.17. The Morgan fingerprint density at radius 1 is 1.16 bits per heavy atom. The topological polar surface area (TPSA) is 48.5 Å². The Morgan fingerprint density at radius 2 is 1.88 bits per heavy atom. The molecular weight excluding hydrogens is 336 g/mol. The number of urea groups is 1. The van der Waals surface area contributed by atoms with E-state index in [-0.39, 0.29) is 12.1 Å². The smallest absolute Gasteiger partial charge is 0.318 e. The van der Waals surface area contributed by atoms with Crippen molar-refractivity contribution >= 4 is 17.6 Å². The number of nitrogens with zero attached hydrogens (tertiary/aromatic N) is 3. The average molecular weight is 359 g/mol. The molecule has 5 nitrogen and oxygen atoms in total. The Morgan fingerprint density at radius 3 is 2.48 bits per heavy atom. The van der Waals surface area contributed by atoms with Gasteiger partial charge in [0.25, 0.3) is 0 Å². The summed E-state index contributed by atoms with van der Waals surface area (Å²) in [6.45, 7) is 6.51. The first-order chi connectivity index (χ1) is 12.2. The highest BCUT2D eigenvalue weighted by Gasteiger charge is 2.24. The van der Waals surface area contributed by atoms with Crippen molar-refractivity contribution in [1.82, 2.24) is 20.1 Å². The van der Waals surface area contributed by atoms with Crippen molar-refractivity contribution < 1.29 is 4.79 Å². The van der Waals surface area contributed by atoms with Crippen LogP contribution in [0.5, 0.6) is 0 Å². The van der Waals surface area contributed by atoms with Crippen molar-refractivity contribution in [3.63, 3.8) is 0 Å². The second kappa shape index (κ2) is 8.32. The van der Waals surface area contributed by atoms with Crippen LogP contribution in [0, 0.1) is 0 Å². The Hall–Kier alpha value is -2.11. The number of carbonyl (C=O) groups is 1. The quantitative estimate of drug-likeness (QED) is 0.913. The zero-order chi connectivity index (χ0) is 17.6. The van der Waals surface area contributed by atoms with Crippen molar-refractivity contribution in [3.8, 4) is 0 Å². The largest absolute Gasteiger partial charge is 0.327 e. The Balaban J connectivity index is 1.76. The number of halogens is 1. The standard InChI is InChI=1S/C19H23ClN4O/c1-2-23-10-12-24(13-11-23)19(25)22-18(16-4-3-9-21-14-16)15-5-7-17(20)8-6-15/h3-9,14,18H,2,10-13H2,1H3,(H,22,25)/t18-/m0/s1. The van der Waals surface area contributed by atoms with Crippen molar-refractivity contribution in [3.05, 3.63) is 64.9 Å². The molecule has 2 heterocycles. The molecule has 1 N–H and O–H groups in total. The highest BCUT2D eigenvalue weighted by Crippen LogP contribution is 2.23. The molecule has 1 aliphatic rings. The molecule has 1 aromatic heterocycles. The first-order valence-electron chi connectivity index (χ1n) is 8.60. The molecule has 2 amide bonds. The third-order valence-corrected chi connectivity index (χ3v) is 4.85. The molecule has 0 bridgehead atoms. The maximum absolute atomic E-state index is 12.8. The first kappa shape index (κ1) is 17.7. The van der Waals surface area contributed by atoms with E-state index in [1.807, 2.05) is 41.3 Å². The molecule has 1 aromatic carbocycles. The van der Waals surface area contributed by atoms with Gasteiger partial charge in [-0.2, -0.15) is 0 Å². The molecule has 1 saturated heterocycles. The van der Waals surface area contributed by atoms with Gasteiger partial charge >= 0.3 is 6.03 Å². The number of carbonyl (C=O) groups excluding carboxylic acids is 1. The molecule has 1 fully saturated rings. The number of benzene rings is 1. The van der Waals surface area contributed by atoms with E-state index < -0.39 is 0 Å².